The summed E-state index contributed by atoms with van der Waals surface area (Å²) in [5, 5.41) is 16.0. The molecule has 7 nitrogen and oxygen atoms in total. The molecule has 0 aromatic carbocycles. The SMILES string of the molecule is Cc1nn(CCc2nnc(CCn3nc(C(F)(F)F)c(Cl)c3C)o2)c(C)c1Cl. The molecule has 3 aromatic heterocycles. The van der Waals surface area contributed by atoms with Crippen LogP contribution in [0.15, 0.2) is 4.42 Å². The molecule has 3 rings (SSSR count). The van der Waals surface area contributed by atoms with Crippen molar-refractivity contribution in [1.29, 1.82) is 0 Å². The van der Waals surface area contributed by atoms with Crippen molar-refractivity contribution in [1.82, 2.24) is 29.8 Å². The number of alkyl halides is 3. The van der Waals surface area contributed by atoms with Gasteiger partial charge in [0.1, 0.15) is 0 Å². The third kappa shape index (κ3) is 4.17. The van der Waals surface area contributed by atoms with Gasteiger partial charge < -0.3 is 4.42 Å². The molecule has 0 saturated heterocycles. The van der Waals surface area contributed by atoms with Gasteiger partial charge in [-0.15, -0.1) is 10.2 Å². The van der Waals surface area contributed by atoms with Gasteiger partial charge in [-0.2, -0.15) is 23.4 Å². The van der Waals surface area contributed by atoms with Crippen molar-refractivity contribution in [3.8, 4) is 0 Å². The summed E-state index contributed by atoms with van der Waals surface area (Å²) in [4.78, 5) is 0. The van der Waals surface area contributed by atoms with Crippen LogP contribution in [0.4, 0.5) is 13.2 Å². The molecule has 3 aromatic rings. The molecule has 0 aliphatic rings. The van der Waals surface area contributed by atoms with Crippen LogP contribution in [0, 0.1) is 20.8 Å². The van der Waals surface area contributed by atoms with Crippen LogP contribution in [0.2, 0.25) is 10.0 Å². The van der Waals surface area contributed by atoms with E-state index in [2.05, 4.69) is 20.4 Å². The number of hydrogen-bond donors (Lipinski definition) is 0. The Bertz CT molecular complexity index is 992. The summed E-state index contributed by atoms with van der Waals surface area (Å²) in [6.07, 6.45) is -3.92. The highest BCUT2D eigenvalue weighted by molar-refractivity contribution is 6.32. The molecule has 0 spiro atoms. The number of halogens is 5. The van der Waals surface area contributed by atoms with E-state index in [-0.39, 0.29) is 18.7 Å². The van der Waals surface area contributed by atoms with Gasteiger partial charge in [0.15, 0.2) is 5.69 Å². The quantitative estimate of drug-likeness (QED) is 0.578. The Kier molecular flexibility index (Phi) is 5.72. The first-order chi connectivity index (χ1) is 13.1. The van der Waals surface area contributed by atoms with E-state index in [0.717, 1.165) is 11.4 Å². The summed E-state index contributed by atoms with van der Waals surface area (Å²) in [5.41, 5.74) is 0.735. The third-order valence-corrected chi connectivity index (χ3v) is 5.28. The number of aromatic nitrogens is 6. The van der Waals surface area contributed by atoms with E-state index in [0.29, 0.717) is 29.8 Å². The number of hydrogen-bond acceptors (Lipinski definition) is 5. The Hall–Kier alpha value is -2.07. The van der Waals surface area contributed by atoms with E-state index >= 15 is 0 Å². The molecule has 0 aliphatic heterocycles. The molecule has 152 valence electrons. The standard InChI is InChI=1S/C16H17Cl2F3N6O/c1-8-13(17)9(2)26(24-8)6-4-11-22-23-12(28-11)5-7-27-10(3)14(18)15(25-27)16(19,20)21/h4-7H2,1-3H3. The molecule has 3 heterocycles. The highest BCUT2D eigenvalue weighted by atomic mass is 35.5. The van der Waals surface area contributed by atoms with Gasteiger partial charge in [0.2, 0.25) is 11.8 Å². The van der Waals surface area contributed by atoms with Crippen LogP contribution in [-0.4, -0.2) is 29.8 Å². The summed E-state index contributed by atoms with van der Waals surface area (Å²) in [6.45, 7) is 5.82. The van der Waals surface area contributed by atoms with Crippen LogP contribution in [0.1, 0.15) is 34.6 Å². The van der Waals surface area contributed by atoms with E-state index in [1.54, 1.807) is 4.68 Å². The Balaban J connectivity index is 1.62. The number of nitrogens with zero attached hydrogens (tertiary/aromatic N) is 6. The molecular formula is C16H17Cl2F3N6O. The van der Waals surface area contributed by atoms with Crippen molar-refractivity contribution in [2.45, 2.75) is 52.9 Å². The van der Waals surface area contributed by atoms with Crippen molar-refractivity contribution in [2.75, 3.05) is 0 Å². The Morgan fingerprint density at radius 2 is 1.36 bits per heavy atom. The molecule has 0 atom stereocenters. The number of aryl methyl sites for hydroxylation is 5. The average molecular weight is 437 g/mol. The van der Waals surface area contributed by atoms with Crippen molar-refractivity contribution in [2.24, 2.45) is 0 Å². The second-order valence-electron chi connectivity index (χ2n) is 6.27. The maximum absolute atomic E-state index is 12.9. The topological polar surface area (TPSA) is 74.6 Å². The zero-order valence-electron chi connectivity index (χ0n) is 15.3. The van der Waals surface area contributed by atoms with E-state index in [9.17, 15) is 13.2 Å². The van der Waals surface area contributed by atoms with Gasteiger partial charge in [0, 0.05) is 25.9 Å². The molecular weight excluding hydrogens is 420 g/mol. The minimum Gasteiger partial charge on any atom is -0.425 e. The Labute approximate surface area is 168 Å². The fraction of sp³-hybridized carbons (Fsp3) is 0.500. The van der Waals surface area contributed by atoms with E-state index in [4.69, 9.17) is 27.6 Å². The molecule has 0 N–H and O–H groups in total. The zero-order chi connectivity index (χ0) is 20.6. The van der Waals surface area contributed by atoms with Crippen LogP contribution >= 0.6 is 23.2 Å². The molecule has 0 unspecified atom stereocenters. The maximum Gasteiger partial charge on any atom is 0.436 e. The van der Waals surface area contributed by atoms with Crippen LogP contribution < -0.4 is 0 Å². The minimum absolute atomic E-state index is 0.135. The lowest BCUT2D eigenvalue weighted by atomic mass is 10.3. The summed E-state index contributed by atoms with van der Waals surface area (Å²) >= 11 is 11.9. The van der Waals surface area contributed by atoms with Gasteiger partial charge in [-0.25, -0.2) is 0 Å². The highest BCUT2D eigenvalue weighted by Crippen LogP contribution is 2.35. The van der Waals surface area contributed by atoms with Gasteiger partial charge in [0.05, 0.1) is 27.1 Å². The maximum atomic E-state index is 12.9. The largest absolute Gasteiger partial charge is 0.436 e. The molecule has 28 heavy (non-hydrogen) atoms. The smallest absolute Gasteiger partial charge is 0.425 e. The van der Waals surface area contributed by atoms with Crippen LogP contribution in [0.25, 0.3) is 0 Å². The first-order valence-electron chi connectivity index (χ1n) is 8.38. The van der Waals surface area contributed by atoms with Crippen LogP contribution in [0.5, 0.6) is 0 Å². The van der Waals surface area contributed by atoms with Crippen molar-refractivity contribution in [3.05, 3.63) is 44.6 Å². The van der Waals surface area contributed by atoms with Crippen molar-refractivity contribution >= 4 is 23.2 Å². The predicted molar refractivity (Wildman–Crippen MR) is 95.4 cm³/mol. The summed E-state index contributed by atoms with van der Waals surface area (Å²) in [5.74, 6) is 0.714. The van der Waals surface area contributed by atoms with Gasteiger partial charge in [0.25, 0.3) is 0 Å². The second kappa shape index (κ2) is 7.75. The second-order valence-corrected chi connectivity index (χ2v) is 7.02. The van der Waals surface area contributed by atoms with Crippen molar-refractivity contribution < 1.29 is 17.6 Å². The normalized spacial score (nSPS) is 12.1. The highest BCUT2D eigenvalue weighted by Gasteiger charge is 2.38. The average Bonchev–Trinajstić information content (AvgIpc) is 3.26. The molecule has 0 bridgehead atoms. The number of rotatable bonds is 6. The lowest BCUT2D eigenvalue weighted by Gasteiger charge is -2.02. The predicted octanol–water partition coefficient (Wildman–Crippen LogP) is 4.20. The van der Waals surface area contributed by atoms with E-state index in [1.165, 1.54) is 11.6 Å². The van der Waals surface area contributed by atoms with Gasteiger partial charge in [-0.05, 0) is 20.8 Å². The first kappa shape index (κ1) is 20.7. The molecule has 12 heteroatoms. The fourth-order valence-electron chi connectivity index (χ4n) is 2.71. The summed E-state index contributed by atoms with van der Waals surface area (Å²) in [7, 11) is 0. The molecule has 0 saturated carbocycles. The molecule has 0 amide bonds. The monoisotopic (exact) mass is 436 g/mol. The molecule has 0 fully saturated rings. The Morgan fingerprint density at radius 3 is 1.79 bits per heavy atom. The summed E-state index contributed by atoms with van der Waals surface area (Å²) in [6, 6.07) is 0. The molecule has 0 radical (unpaired) electrons. The minimum atomic E-state index is -4.60. The summed E-state index contributed by atoms with van der Waals surface area (Å²) < 4.78 is 47.1. The van der Waals surface area contributed by atoms with Crippen LogP contribution in [0.3, 0.4) is 0 Å². The van der Waals surface area contributed by atoms with Gasteiger partial charge in [-0.1, -0.05) is 23.2 Å². The third-order valence-electron chi connectivity index (χ3n) is 4.28. The lowest BCUT2D eigenvalue weighted by molar-refractivity contribution is -0.141. The van der Waals surface area contributed by atoms with Gasteiger partial charge >= 0.3 is 6.18 Å². The van der Waals surface area contributed by atoms with E-state index < -0.39 is 16.9 Å². The molecule has 0 aliphatic carbocycles. The first-order valence-corrected chi connectivity index (χ1v) is 9.14. The Morgan fingerprint density at radius 1 is 0.857 bits per heavy atom. The van der Waals surface area contributed by atoms with Gasteiger partial charge in [-0.3, -0.25) is 9.36 Å². The van der Waals surface area contributed by atoms with Crippen LogP contribution in [-0.2, 0) is 32.1 Å². The zero-order valence-corrected chi connectivity index (χ0v) is 16.8. The fourth-order valence-corrected chi connectivity index (χ4v) is 3.09. The lowest BCUT2D eigenvalue weighted by Crippen LogP contribution is -2.10. The van der Waals surface area contributed by atoms with E-state index in [1.807, 2.05) is 13.8 Å². The van der Waals surface area contributed by atoms with Crippen molar-refractivity contribution in [3.63, 3.8) is 0 Å².